The van der Waals surface area contributed by atoms with Crippen molar-refractivity contribution >= 4 is 17.5 Å². The van der Waals surface area contributed by atoms with Gasteiger partial charge in [0.1, 0.15) is 5.69 Å². The maximum absolute atomic E-state index is 12.5. The van der Waals surface area contributed by atoms with Crippen LogP contribution in [0.5, 0.6) is 0 Å². The molecule has 8 heteroatoms. The molecule has 0 aliphatic rings. The molecule has 0 radical (unpaired) electrons. The Kier molecular flexibility index (Phi) is 4.75. The van der Waals surface area contributed by atoms with Gasteiger partial charge in [0.05, 0.1) is 16.3 Å². The normalized spacial score (nSPS) is 11.5. The second kappa shape index (κ2) is 6.39. The van der Waals surface area contributed by atoms with Gasteiger partial charge in [-0.05, 0) is 18.2 Å². The summed E-state index contributed by atoms with van der Waals surface area (Å²) in [7, 11) is 1.74. The van der Waals surface area contributed by atoms with Crippen molar-refractivity contribution < 1.29 is 18.0 Å². The Morgan fingerprint density at radius 1 is 1.45 bits per heavy atom. The molecule has 0 bridgehead atoms. The summed E-state index contributed by atoms with van der Waals surface area (Å²) in [4.78, 5) is 15.6. The molecule has 0 fully saturated rings. The fourth-order valence-electron chi connectivity index (χ4n) is 1.89. The summed E-state index contributed by atoms with van der Waals surface area (Å²) >= 11 is 5.80. The molecule has 1 amide bonds. The van der Waals surface area contributed by atoms with Crippen LogP contribution in [0, 0.1) is 0 Å². The molecule has 0 saturated heterocycles. The maximum atomic E-state index is 12.5. The first-order chi connectivity index (χ1) is 10.3. The second-order valence-corrected chi connectivity index (χ2v) is 5.07. The minimum atomic E-state index is -4.48. The number of rotatable bonds is 4. The van der Waals surface area contributed by atoms with E-state index < -0.39 is 11.7 Å². The zero-order chi connectivity index (χ0) is 16.3. The Balaban J connectivity index is 1.95. The molecule has 4 nitrogen and oxygen atoms in total. The molecule has 0 aliphatic heterocycles. The first-order valence-electron chi connectivity index (χ1n) is 6.40. The smallest absolute Gasteiger partial charge is 0.350 e. The molecule has 2 aromatic rings. The number of hydrogen-bond acceptors (Lipinski definition) is 2. The maximum Gasteiger partial charge on any atom is 0.417 e. The molecule has 118 valence electrons. The lowest BCUT2D eigenvalue weighted by molar-refractivity contribution is -0.137. The molecule has 0 aliphatic carbocycles. The largest absolute Gasteiger partial charge is 0.417 e. The standard InChI is InChI=1S/C14H13ClF3N3O/c1-21-6-2-3-12(21)13(22)19-5-4-11-10(15)7-9(8-20-11)14(16,17)18/h2-3,6-8H,4-5H2,1H3,(H,19,22). The lowest BCUT2D eigenvalue weighted by atomic mass is 10.2. The number of carbonyl (C=O) groups excluding carboxylic acids is 1. The molecule has 0 saturated carbocycles. The third-order valence-electron chi connectivity index (χ3n) is 3.07. The van der Waals surface area contributed by atoms with Gasteiger partial charge >= 0.3 is 6.18 Å². The fraction of sp³-hybridized carbons (Fsp3) is 0.286. The van der Waals surface area contributed by atoms with Gasteiger partial charge in [0, 0.05) is 32.4 Å². The highest BCUT2D eigenvalue weighted by Crippen LogP contribution is 2.31. The Labute approximate surface area is 129 Å². The van der Waals surface area contributed by atoms with Crippen molar-refractivity contribution in [1.29, 1.82) is 0 Å². The third kappa shape index (κ3) is 3.79. The molecule has 0 atom stereocenters. The molecule has 0 spiro atoms. The van der Waals surface area contributed by atoms with Crippen LogP contribution >= 0.6 is 11.6 Å². The van der Waals surface area contributed by atoms with Gasteiger partial charge in [-0.15, -0.1) is 0 Å². The van der Waals surface area contributed by atoms with Crippen LogP contribution in [0.1, 0.15) is 21.7 Å². The van der Waals surface area contributed by atoms with Crippen molar-refractivity contribution in [1.82, 2.24) is 14.9 Å². The summed E-state index contributed by atoms with van der Waals surface area (Å²) < 4.78 is 39.1. The molecule has 2 heterocycles. The predicted molar refractivity (Wildman–Crippen MR) is 75.7 cm³/mol. The number of carbonyl (C=O) groups is 1. The van der Waals surface area contributed by atoms with Crippen molar-refractivity contribution in [3.05, 3.63) is 52.6 Å². The van der Waals surface area contributed by atoms with E-state index in [1.807, 2.05) is 0 Å². The van der Waals surface area contributed by atoms with Gasteiger partial charge in [-0.1, -0.05) is 11.6 Å². The molecular weight excluding hydrogens is 319 g/mol. The van der Waals surface area contributed by atoms with Gasteiger partial charge in [0.25, 0.3) is 5.91 Å². The van der Waals surface area contributed by atoms with E-state index in [-0.39, 0.29) is 23.9 Å². The summed E-state index contributed by atoms with van der Waals surface area (Å²) in [6.45, 7) is 0.224. The Bertz CT molecular complexity index is 682. The molecule has 22 heavy (non-hydrogen) atoms. The van der Waals surface area contributed by atoms with E-state index in [2.05, 4.69) is 10.3 Å². The van der Waals surface area contributed by atoms with Gasteiger partial charge < -0.3 is 9.88 Å². The lowest BCUT2D eigenvalue weighted by Gasteiger charge is -2.10. The van der Waals surface area contributed by atoms with Crippen molar-refractivity contribution in [2.75, 3.05) is 6.54 Å². The van der Waals surface area contributed by atoms with Crippen LogP contribution in [0.3, 0.4) is 0 Å². The summed E-state index contributed by atoms with van der Waals surface area (Å²) in [5, 5.41) is 2.60. The molecule has 1 N–H and O–H groups in total. The van der Waals surface area contributed by atoms with Gasteiger partial charge in [0.2, 0.25) is 0 Å². The van der Waals surface area contributed by atoms with Crippen LogP contribution in [0.15, 0.2) is 30.6 Å². The minimum Gasteiger partial charge on any atom is -0.350 e. The highest BCUT2D eigenvalue weighted by atomic mass is 35.5. The average molecular weight is 332 g/mol. The highest BCUT2D eigenvalue weighted by molar-refractivity contribution is 6.31. The van der Waals surface area contributed by atoms with E-state index >= 15 is 0 Å². The van der Waals surface area contributed by atoms with Crippen molar-refractivity contribution in [3.8, 4) is 0 Å². The summed E-state index contributed by atoms with van der Waals surface area (Å²) in [6.07, 6.45) is -1.76. The van der Waals surface area contributed by atoms with Crippen molar-refractivity contribution in [3.63, 3.8) is 0 Å². The quantitative estimate of drug-likeness (QED) is 0.936. The molecule has 2 aromatic heterocycles. The highest BCUT2D eigenvalue weighted by Gasteiger charge is 2.31. The second-order valence-electron chi connectivity index (χ2n) is 4.66. The topological polar surface area (TPSA) is 46.9 Å². The number of hydrogen-bond donors (Lipinski definition) is 1. The Morgan fingerprint density at radius 2 is 2.18 bits per heavy atom. The number of aromatic nitrogens is 2. The molecule has 0 unspecified atom stereocenters. The average Bonchev–Trinajstić information content (AvgIpc) is 2.85. The minimum absolute atomic E-state index is 0.0667. The van der Waals surface area contributed by atoms with Crippen molar-refractivity contribution in [2.24, 2.45) is 7.05 Å². The summed E-state index contributed by atoms with van der Waals surface area (Å²) in [5.74, 6) is -0.268. The lowest BCUT2D eigenvalue weighted by Crippen LogP contribution is -2.27. The zero-order valence-corrected chi connectivity index (χ0v) is 12.4. The van der Waals surface area contributed by atoms with Crippen LogP contribution < -0.4 is 5.32 Å². The van der Waals surface area contributed by atoms with E-state index in [1.165, 1.54) is 0 Å². The summed E-state index contributed by atoms with van der Waals surface area (Å²) in [5.41, 5.74) is -0.0950. The number of amides is 1. The monoisotopic (exact) mass is 331 g/mol. The van der Waals surface area contributed by atoms with Crippen molar-refractivity contribution in [2.45, 2.75) is 12.6 Å². The van der Waals surface area contributed by atoms with E-state index in [4.69, 9.17) is 11.6 Å². The molecule has 2 rings (SSSR count). The van der Waals surface area contributed by atoms with E-state index in [0.29, 0.717) is 11.4 Å². The van der Waals surface area contributed by atoms with Gasteiger partial charge in [0.15, 0.2) is 0 Å². The number of nitrogens with zero attached hydrogens (tertiary/aromatic N) is 2. The van der Waals surface area contributed by atoms with Crippen LogP contribution in [-0.2, 0) is 19.6 Å². The SMILES string of the molecule is Cn1cccc1C(=O)NCCc1ncc(C(F)(F)F)cc1Cl. The fourth-order valence-corrected chi connectivity index (χ4v) is 2.15. The molecule has 0 aromatic carbocycles. The number of aryl methyl sites for hydroxylation is 1. The Morgan fingerprint density at radius 3 is 2.73 bits per heavy atom. The number of nitrogens with one attached hydrogen (secondary N) is 1. The van der Waals surface area contributed by atoms with Crippen LogP contribution in [0.4, 0.5) is 13.2 Å². The van der Waals surface area contributed by atoms with E-state index in [1.54, 1.807) is 29.9 Å². The van der Waals surface area contributed by atoms with E-state index in [9.17, 15) is 18.0 Å². The van der Waals surface area contributed by atoms with E-state index in [0.717, 1.165) is 12.3 Å². The van der Waals surface area contributed by atoms with Gasteiger partial charge in [-0.25, -0.2) is 0 Å². The summed E-state index contributed by atoms with van der Waals surface area (Å²) in [6, 6.07) is 4.24. The number of alkyl halides is 3. The number of pyridine rings is 1. The van der Waals surface area contributed by atoms with Gasteiger partial charge in [-0.3, -0.25) is 9.78 Å². The first-order valence-corrected chi connectivity index (χ1v) is 6.78. The third-order valence-corrected chi connectivity index (χ3v) is 3.40. The first kappa shape index (κ1) is 16.4. The zero-order valence-electron chi connectivity index (χ0n) is 11.6. The molecular formula is C14H13ClF3N3O. The van der Waals surface area contributed by atoms with Crippen LogP contribution in [0.2, 0.25) is 5.02 Å². The van der Waals surface area contributed by atoms with Crippen LogP contribution in [-0.4, -0.2) is 22.0 Å². The predicted octanol–water partition coefficient (Wildman–Crippen LogP) is 3.06. The van der Waals surface area contributed by atoms with Gasteiger partial charge in [-0.2, -0.15) is 13.2 Å². The Hall–Kier alpha value is -2.02. The van der Waals surface area contributed by atoms with Crippen LogP contribution in [0.25, 0.3) is 0 Å². The number of halogens is 4.